The van der Waals surface area contributed by atoms with Crippen LogP contribution in [0.2, 0.25) is 5.02 Å². The normalized spacial score (nSPS) is 12.2. The molecule has 11 heteroatoms. The van der Waals surface area contributed by atoms with E-state index in [1.54, 1.807) is 0 Å². The summed E-state index contributed by atoms with van der Waals surface area (Å²) in [6, 6.07) is 7.25. The highest BCUT2D eigenvalue weighted by Crippen LogP contribution is 2.11. The SMILES string of the molecule is C[C@H](OC(=O)CCNS(=O)(=O)c1ccc(F)cc1)C(=O)Nc1ccc(Cl)cn1. The molecule has 0 saturated carbocycles. The Balaban J connectivity index is 1.78. The molecule has 0 fully saturated rings. The molecule has 0 aliphatic carbocycles. The lowest BCUT2D eigenvalue weighted by Gasteiger charge is -2.13. The zero-order valence-corrected chi connectivity index (χ0v) is 16.3. The van der Waals surface area contributed by atoms with Crippen molar-refractivity contribution in [2.24, 2.45) is 0 Å². The molecule has 0 aliphatic heterocycles. The number of nitrogens with one attached hydrogen (secondary N) is 2. The fraction of sp³-hybridized carbons (Fsp3) is 0.235. The number of hydrogen-bond acceptors (Lipinski definition) is 6. The highest BCUT2D eigenvalue weighted by Gasteiger charge is 2.19. The van der Waals surface area contributed by atoms with Gasteiger partial charge in [0.05, 0.1) is 16.3 Å². The van der Waals surface area contributed by atoms with Crippen molar-refractivity contribution >= 4 is 39.3 Å². The minimum absolute atomic E-state index is 0.134. The van der Waals surface area contributed by atoms with Crippen molar-refractivity contribution < 1.29 is 27.1 Å². The molecule has 1 aromatic heterocycles. The molecular formula is C17H17ClFN3O5S. The van der Waals surface area contributed by atoms with Crippen LogP contribution in [0.1, 0.15) is 13.3 Å². The summed E-state index contributed by atoms with van der Waals surface area (Å²) in [6.07, 6.45) is -0.0584. The fourth-order valence-electron chi connectivity index (χ4n) is 1.97. The van der Waals surface area contributed by atoms with Crippen LogP contribution in [0.3, 0.4) is 0 Å². The zero-order valence-electron chi connectivity index (χ0n) is 14.7. The van der Waals surface area contributed by atoms with Crippen LogP contribution in [0.15, 0.2) is 47.5 Å². The van der Waals surface area contributed by atoms with Crippen LogP contribution in [0, 0.1) is 5.82 Å². The summed E-state index contributed by atoms with van der Waals surface area (Å²) in [4.78, 5) is 27.5. The first-order valence-electron chi connectivity index (χ1n) is 8.04. The van der Waals surface area contributed by atoms with Gasteiger partial charge in [0.25, 0.3) is 5.91 Å². The van der Waals surface area contributed by atoms with Gasteiger partial charge in [-0.15, -0.1) is 0 Å². The molecule has 2 aromatic rings. The van der Waals surface area contributed by atoms with E-state index in [0.29, 0.717) is 5.02 Å². The van der Waals surface area contributed by atoms with Gasteiger partial charge in [-0.1, -0.05) is 11.6 Å². The van der Waals surface area contributed by atoms with E-state index in [1.165, 1.54) is 25.3 Å². The van der Waals surface area contributed by atoms with E-state index in [1.807, 2.05) is 0 Å². The maximum atomic E-state index is 12.9. The number of aromatic nitrogens is 1. The molecule has 28 heavy (non-hydrogen) atoms. The number of ether oxygens (including phenoxy) is 1. The number of esters is 1. The lowest BCUT2D eigenvalue weighted by Crippen LogP contribution is -2.32. The summed E-state index contributed by atoms with van der Waals surface area (Å²) in [5.41, 5.74) is 0. The summed E-state index contributed by atoms with van der Waals surface area (Å²) in [5.74, 6) is -1.70. The Hall–Kier alpha value is -2.56. The van der Waals surface area contributed by atoms with Crippen molar-refractivity contribution in [2.75, 3.05) is 11.9 Å². The predicted molar refractivity (Wildman–Crippen MR) is 99.6 cm³/mol. The second-order valence-corrected chi connectivity index (χ2v) is 7.79. The van der Waals surface area contributed by atoms with Crippen LogP contribution in [0.25, 0.3) is 0 Å². The Morgan fingerprint density at radius 3 is 2.50 bits per heavy atom. The first-order chi connectivity index (χ1) is 13.2. The van der Waals surface area contributed by atoms with Crippen molar-refractivity contribution in [3.63, 3.8) is 0 Å². The number of carbonyl (C=O) groups excluding carboxylic acids is 2. The van der Waals surface area contributed by atoms with Gasteiger partial charge in [0.2, 0.25) is 10.0 Å². The molecule has 0 bridgehead atoms. The number of benzene rings is 1. The molecule has 1 aromatic carbocycles. The third-order valence-corrected chi connectivity index (χ3v) is 5.10. The lowest BCUT2D eigenvalue weighted by atomic mass is 10.3. The summed E-state index contributed by atoms with van der Waals surface area (Å²) >= 11 is 5.70. The van der Waals surface area contributed by atoms with Crippen molar-refractivity contribution in [2.45, 2.75) is 24.3 Å². The number of amides is 1. The first-order valence-corrected chi connectivity index (χ1v) is 9.90. The van der Waals surface area contributed by atoms with Crippen LogP contribution in [-0.4, -0.2) is 37.9 Å². The number of sulfonamides is 1. The molecule has 1 atom stereocenters. The monoisotopic (exact) mass is 429 g/mol. The number of nitrogens with zero attached hydrogens (tertiary/aromatic N) is 1. The number of halogens is 2. The van der Waals surface area contributed by atoms with Gasteiger partial charge in [0, 0.05) is 12.7 Å². The van der Waals surface area contributed by atoms with Crippen LogP contribution >= 0.6 is 11.6 Å². The van der Waals surface area contributed by atoms with Crippen molar-refractivity contribution in [1.82, 2.24) is 9.71 Å². The lowest BCUT2D eigenvalue weighted by molar-refractivity contribution is -0.152. The van der Waals surface area contributed by atoms with E-state index in [9.17, 15) is 22.4 Å². The van der Waals surface area contributed by atoms with Crippen LogP contribution in [-0.2, 0) is 24.3 Å². The van der Waals surface area contributed by atoms with Crippen molar-refractivity contribution in [3.8, 4) is 0 Å². The van der Waals surface area contributed by atoms with E-state index >= 15 is 0 Å². The van der Waals surface area contributed by atoms with Gasteiger partial charge in [-0.25, -0.2) is 22.5 Å². The average molecular weight is 430 g/mol. The van der Waals surface area contributed by atoms with E-state index in [-0.39, 0.29) is 23.7 Å². The molecule has 2 rings (SSSR count). The minimum atomic E-state index is -3.88. The number of pyridine rings is 1. The zero-order chi connectivity index (χ0) is 20.7. The van der Waals surface area contributed by atoms with Gasteiger partial charge >= 0.3 is 5.97 Å². The molecule has 2 N–H and O–H groups in total. The Labute approximate surface area is 166 Å². The van der Waals surface area contributed by atoms with Crippen molar-refractivity contribution in [3.05, 3.63) is 53.4 Å². The standard InChI is InChI=1S/C17H17ClFN3O5S/c1-11(17(24)22-15-7-2-12(18)10-20-15)27-16(23)8-9-21-28(25,26)14-5-3-13(19)4-6-14/h2-7,10-11,21H,8-9H2,1H3,(H,20,22,24)/t11-/m0/s1. The average Bonchev–Trinajstić information content (AvgIpc) is 2.63. The molecule has 8 nitrogen and oxygen atoms in total. The molecule has 0 unspecified atom stereocenters. The van der Waals surface area contributed by atoms with Gasteiger partial charge in [-0.05, 0) is 43.3 Å². The number of hydrogen-bond donors (Lipinski definition) is 2. The van der Waals surface area contributed by atoms with E-state index in [4.69, 9.17) is 16.3 Å². The molecule has 1 amide bonds. The second-order valence-electron chi connectivity index (χ2n) is 5.58. The van der Waals surface area contributed by atoms with Gasteiger partial charge in [-0.3, -0.25) is 9.59 Å². The molecule has 150 valence electrons. The van der Waals surface area contributed by atoms with Gasteiger partial charge in [0.1, 0.15) is 11.6 Å². The molecular weight excluding hydrogens is 413 g/mol. The topological polar surface area (TPSA) is 114 Å². The summed E-state index contributed by atoms with van der Waals surface area (Å²) in [7, 11) is -3.88. The van der Waals surface area contributed by atoms with Crippen LogP contribution in [0.4, 0.5) is 10.2 Å². The third-order valence-electron chi connectivity index (χ3n) is 3.40. The van der Waals surface area contributed by atoms with Crippen LogP contribution in [0.5, 0.6) is 0 Å². The number of anilines is 1. The molecule has 1 heterocycles. The number of rotatable bonds is 8. The van der Waals surface area contributed by atoms with Crippen LogP contribution < -0.4 is 10.0 Å². The van der Waals surface area contributed by atoms with Crippen molar-refractivity contribution in [1.29, 1.82) is 0 Å². The van der Waals surface area contributed by atoms with Gasteiger partial charge in [-0.2, -0.15) is 0 Å². The maximum Gasteiger partial charge on any atom is 0.307 e. The van der Waals surface area contributed by atoms with E-state index in [2.05, 4.69) is 15.0 Å². The third kappa shape index (κ3) is 6.55. The predicted octanol–water partition coefficient (Wildman–Crippen LogP) is 2.11. The summed E-state index contributed by atoms with van der Waals surface area (Å²) < 4.78 is 44.0. The van der Waals surface area contributed by atoms with E-state index < -0.39 is 33.8 Å². The molecule has 0 aliphatic rings. The maximum absolute atomic E-state index is 12.9. The van der Waals surface area contributed by atoms with Gasteiger partial charge in [0.15, 0.2) is 6.10 Å². The minimum Gasteiger partial charge on any atom is -0.452 e. The van der Waals surface area contributed by atoms with E-state index in [0.717, 1.165) is 24.3 Å². The Kier molecular flexibility index (Phi) is 7.44. The molecule has 0 spiro atoms. The largest absolute Gasteiger partial charge is 0.452 e. The Morgan fingerprint density at radius 2 is 1.89 bits per heavy atom. The highest BCUT2D eigenvalue weighted by molar-refractivity contribution is 7.89. The summed E-state index contributed by atoms with van der Waals surface area (Å²) in [5, 5.41) is 2.86. The smallest absolute Gasteiger partial charge is 0.307 e. The first kappa shape index (κ1) is 21.7. The molecule has 0 saturated heterocycles. The number of carbonyl (C=O) groups is 2. The van der Waals surface area contributed by atoms with Gasteiger partial charge < -0.3 is 10.1 Å². The Bertz CT molecular complexity index is 936. The molecule has 0 radical (unpaired) electrons. The quantitative estimate of drug-likeness (QED) is 0.621. The summed E-state index contributed by atoms with van der Waals surface area (Å²) in [6.45, 7) is 1.12. The highest BCUT2D eigenvalue weighted by atomic mass is 35.5. The Morgan fingerprint density at radius 1 is 1.21 bits per heavy atom. The fourth-order valence-corrected chi connectivity index (χ4v) is 3.12. The second kappa shape index (κ2) is 9.58.